The molecule has 1 aromatic carbocycles. The molecule has 0 aliphatic carbocycles. The van der Waals surface area contributed by atoms with Crippen molar-refractivity contribution in [2.24, 2.45) is 0 Å². The van der Waals surface area contributed by atoms with Crippen molar-refractivity contribution in [3.63, 3.8) is 0 Å². The lowest BCUT2D eigenvalue weighted by molar-refractivity contribution is 0.101. The number of hydrogen-bond acceptors (Lipinski definition) is 5. The third-order valence-electron chi connectivity index (χ3n) is 2.00. The lowest BCUT2D eigenvalue weighted by Crippen LogP contribution is -2.28. The van der Waals surface area contributed by atoms with Crippen molar-refractivity contribution >= 4 is 16.2 Å². The predicted octanol–water partition coefficient (Wildman–Crippen LogP) is 1.83. The first-order chi connectivity index (χ1) is 8.56. The Bertz CT molecular complexity index is 471. The number of amides is 1. The number of benzene rings is 1. The van der Waals surface area contributed by atoms with Gasteiger partial charge in [-0.25, -0.2) is 4.79 Å². The number of rotatable bonds is 6. The number of carbonyl (C=O) groups excluding carboxylic acids is 1. The van der Waals surface area contributed by atoms with Gasteiger partial charge in [0, 0.05) is 0 Å². The smallest absolute Gasteiger partial charge is 0.432 e. The van der Waals surface area contributed by atoms with Gasteiger partial charge in [0.15, 0.2) is 0 Å². The van der Waals surface area contributed by atoms with Crippen molar-refractivity contribution in [3.8, 4) is 0 Å². The van der Waals surface area contributed by atoms with Gasteiger partial charge in [0.25, 0.3) is 0 Å². The molecule has 1 N–H and O–H groups in total. The Morgan fingerprint density at radius 2 is 1.94 bits per heavy atom. The quantitative estimate of drug-likeness (QED) is 0.631. The molecule has 0 bridgehead atoms. The summed E-state index contributed by atoms with van der Waals surface area (Å²) in [6.45, 7) is 2.16. The minimum absolute atomic E-state index is 0.0427. The van der Waals surface area contributed by atoms with Crippen LogP contribution in [-0.4, -0.2) is 21.1 Å². The van der Waals surface area contributed by atoms with Gasteiger partial charge in [0.2, 0.25) is 0 Å². The van der Waals surface area contributed by atoms with Crippen LogP contribution in [0.25, 0.3) is 0 Å². The summed E-state index contributed by atoms with van der Waals surface area (Å²) in [5.74, 6) is 0. The lowest BCUT2D eigenvalue weighted by atomic mass is 10.4. The Morgan fingerprint density at radius 1 is 1.28 bits per heavy atom. The third-order valence-corrected chi connectivity index (χ3v) is 3.15. The second-order valence-corrected chi connectivity index (χ2v) is 4.99. The summed E-state index contributed by atoms with van der Waals surface area (Å²) in [6.07, 6.45) is 0.651. The fraction of sp³-hybridized carbons (Fsp3) is 0.364. The summed E-state index contributed by atoms with van der Waals surface area (Å²) < 4.78 is 32.2. The van der Waals surface area contributed by atoms with E-state index in [0.717, 1.165) is 6.42 Å². The maximum Gasteiger partial charge on any atom is 0.432 e. The summed E-state index contributed by atoms with van der Waals surface area (Å²) >= 11 is 0. The van der Waals surface area contributed by atoms with Crippen molar-refractivity contribution in [1.82, 2.24) is 5.48 Å². The Labute approximate surface area is 106 Å². The number of nitrogens with one attached hydrogen (secondary N) is 1. The Morgan fingerprint density at radius 3 is 2.56 bits per heavy atom. The van der Waals surface area contributed by atoms with Gasteiger partial charge in [-0.15, -0.1) is 4.28 Å². The van der Waals surface area contributed by atoms with E-state index in [1.807, 2.05) is 6.92 Å². The van der Waals surface area contributed by atoms with E-state index in [2.05, 4.69) is 9.02 Å². The first-order valence-corrected chi connectivity index (χ1v) is 6.88. The molecule has 0 aromatic heterocycles. The largest absolute Gasteiger partial charge is 0.448 e. The second kappa shape index (κ2) is 6.97. The molecular formula is C11H15NO5S. The van der Waals surface area contributed by atoms with Crippen LogP contribution in [0.3, 0.4) is 0 Å². The molecule has 0 unspecified atom stereocenters. The van der Waals surface area contributed by atoms with Gasteiger partial charge in [-0.2, -0.15) is 13.9 Å². The molecule has 0 atom stereocenters. The minimum atomic E-state index is -4.00. The summed E-state index contributed by atoms with van der Waals surface area (Å²) in [5, 5.41) is 0. The van der Waals surface area contributed by atoms with Gasteiger partial charge in [-0.1, -0.05) is 31.5 Å². The van der Waals surface area contributed by atoms with Crippen LogP contribution in [0.5, 0.6) is 0 Å². The topological polar surface area (TPSA) is 81.7 Å². The first-order valence-electron chi connectivity index (χ1n) is 5.47. The van der Waals surface area contributed by atoms with E-state index in [1.54, 1.807) is 23.7 Å². The highest BCUT2D eigenvalue weighted by molar-refractivity contribution is 7.86. The van der Waals surface area contributed by atoms with Crippen molar-refractivity contribution < 1.29 is 22.2 Å². The van der Waals surface area contributed by atoms with Crippen LogP contribution in [0.15, 0.2) is 35.2 Å². The average molecular weight is 273 g/mol. The first kappa shape index (κ1) is 14.5. The fourth-order valence-electron chi connectivity index (χ4n) is 1.06. The standard InChI is InChI=1S/C11H15NO5S/c1-2-3-9-16-11(13)12-17-18(14,15)10-7-5-4-6-8-10/h4-8H,2-3,9H2,1H3,(H,12,13). The van der Waals surface area contributed by atoms with Crippen LogP contribution in [0, 0.1) is 0 Å². The normalized spacial score (nSPS) is 10.9. The molecule has 0 radical (unpaired) electrons. The average Bonchev–Trinajstić information content (AvgIpc) is 2.38. The predicted molar refractivity (Wildman–Crippen MR) is 64.1 cm³/mol. The van der Waals surface area contributed by atoms with Crippen molar-refractivity contribution in [2.75, 3.05) is 6.61 Å². The van der Waals surface area contributed by atoms with Gasteiger partial charge in [-0.3, -0.25) is 0 Å². The van der Waals surface area contributed by atoms with Crippen LogP contribution < -0.4 is 5.48 Å². The van der Waals surface area contributed by atoms with Crippen molar-refractivity contribution in [2.45, 2.75) is 24.7 Å². The molecule has 0 heterocycles. The molecule has 1 aromatic rings. The number of unbranched alkanes of at least 4 members (excludes halogenated alkanes) is 1. The van der Waals surface area contributed by atoms with Crippen molar-refractivity contribution in [3.05, 3.63) is 30.3 Å². The maximum absolute atomic E-state index is 11.6. The van der Waals surface area contributed by atoms with Crippen LogP contribution >= 0.6 is 0 Å². The maximum atomic E-state index is 11.6. The van der Waals surface area contributed by atoms with E-state index in [-0.39, 0.29) is 11.5 Å². The molecule has 18 heavy (non-hydrogen) atoms. The van der Waals surface area contributed by atoms with Crippen molar-refractivity contribution in [1.29, 1.82) is 0 Å². The summed E-state index contributed by atoms with van der Waals surface area (Å²) in [6, 6.07) is 7.50. The fourth-order valence-corrected chi connectivity index (χ4v) is 1.83. The Balaban J connectivity index is 2.46. The molecule has 0 aliphatic heterocycles. The van der Waals surface area contributed by atoms with E-state index in [4.69, 9.17) is 0 Å². The summed E-state index contributed by atoms with van der Waals surface area (Å²) in [7, 11) is -4.00. The second-order valence-electron chi connectivity index (χ2n) is 3.44. The van der Waals surface area contributed by atoms with E-state index in [0.29, 0.717) is 6.42 Å². The zero-order valence-corrected chi connectivity index (χ0v) is 10.8. The zero-order chi connectivity index (χ0) is 13.4. The minimum Gasteiger partial charge on any atom is -0.448 e. The summed E-state index contributed by atoms with van der Waals surface area (Å²) in [5.41, 5.74) is 1.73. The van der Waals surface area contributed by atoms with Gasteiger partial charge in [-0.05, 0) is 18.6 Å². The molecule has 0 saturated carbocycles. The van der Waals surface area contributed by atoms with Gasteiger partial charge >= 0.3 is 16.2 Å². The highest BCUT2D eigenvalue weighted by atomic mass is 32.2. The molecule has 0 aliphatic rings. The van der Waals surface area contributed by atoms with Gasteiger partial charge < -0.3 is 4.74 Å². The molecule has 6 nitrogen and oxygen atoms in total. The van der Waals surface area contributed by atoms with E-state index in [1.165, 1.54) is 12.1 Å². The molecule has 7 heteroatoms. The van der Waals surface area contributed by atoms with Crippen LogP contribution in [-0.2, 0) is 19.1 Å². The number of hydroxylamine groups is 1. The molecule has 0 spiro atoms. The SMILES string of the molecule is CCCCOC(=O)NOS(=O)(=O)c1ccccc1. The number of ether oxygens (including phenoxy) is 1. The monoisotopic (exact) mass is 273 g/mol. The Hall–Kier alpha value is -1.60. The molecule has 1 amide bonds. The number of hydrogen-bond donors (Lipinski definition) is 1. The summed E-state index contributed by atoms with van der Waals surface area (Å²) in [4.78, 5) is 11.0. The van der Waals surface area contributed by atoms with Crippen LogP contribution in [0.1, 0.15) is 19.8 Å². The molecular weight excluding hydrogens is 258 g/mol. The lowest BCUT2D eigenvalue weighted by Gasteiger charge is -2.06. The molecule has 0 saturated heterocycles. The van der Waals surface area contributed by atoms with E-state index >= 15 is 0 Å². The Kier molecular flexibility index (Phi) is 5.60. The van der Waals surface area contributed by atoms with E-state index in [9.17, 15) is 13.2 Å². The van der Waals surface area contributed by atoms with Gasteiger partial charge in [0.05, 0.1) is 11.5 Å². The zero-order valence-electron chi connectivity index (χ0n) is 9.96. The third kappa shape index (κ3) is 4.72. The highest BCUT2D eigenvalue weighted by Crippen LogP contribution is 2.09. The van der Waals surface area contributed by atoms with Crippen LogP contribution in [0.2, 0.25) is 0 Å². The number of carbonyl (C=O) groups is 1. The highest BCUT2D eigenvalue weighted by Gasteiger charge is 2.16. The van der Waals surface area contributed by atoms with Crippen LogP contribution in [0.4, 0.5) is 4.79 Å². The molecule has 1 rings (SSSR count). The van der Waals surface area contributed by atoms with Gasteiger partial charge in [0.1, 0.15) is 0 Å². The van der Waals surface area contributed by atoms with E-state index < -0.39 is 16.2 Å². The molecule has 0 fully saturated rings. The molecule has 100 valence electrons.